The van der Waals surface area contributed by atoms with Gasteiger partial charge in [-0.15, -0.1) is 0 Å². The van der Waals surface area contributed by atoms with Crippen LogP contribution in [-0.2, 0) is 17.3 Å². The molecule has 1 atom stereocenters. The second-order valence-corrected chi connectivity index (χ2v) is 37.6. The van der Waals surface area contributed by atoms with E-state index >= 15 is 0 Å². The van der Waals surface area contributed by atoms with E-state index in [0.29, 0.717) is 5.92 Å². The summed E-state index contributed by atoms with van der Waals surface area (Å²) >= 11 is 0. The fourth-order valence-corrected chi connectivity index (χ4v) is 23.2. The Morgan fingerprint density at radius 3 is 0.797 bits per heavy atom. The van der Waals surface area contributed by atoms with Gasteiger partial charge in [-0.2, -0.15) is 0 Å². The third-order valence-corrected chi connectivity index (χ3v) is 29.2. The number of hydrogen-bond acceptors (Lipinski definition) is 8. The van der Waals surface area contributed by atoms with Crippen LogP contribution < -0.4 is 19.6 Å². The summed E-state index contributed by atoms with van der Waals surface area (Å²) in [6, 6.07) is 167. The Balaban J connectivity index is 0.664. The molecule has 0 saturated carbocycles. The average molecular weight is 1780 g/mol. The molecule has 2 aliphatic carbocycles. The molecule has 658 valence electrons. The first-order valence-electron chi connectivity index (χ1n) is 48.0. The van der Waals surface area contributed by atoms with Gasteiger partial charge in [0.15, 0.2) is 0 Å². The molecule has 0 N–H and O–H groups in total. The van der Waals surface area contributed by atoms with Crippen molar-refractivity contribution in [2.24, 2.45) is 0 Å². The molecule has 0 saturated heterocycles. The third-order valence-electron chi connectivity index (χ3n) is 29.2. The number of aryl methyl sites for hydroxylation is 2. The highest BCUT2D eigenvalue weighted by Gasteiger charge is 2.53. The SMILES string of the molecule is Cc1cccc(N(c2ccccc2)c2cc3c(c4oc5ccccc5c24)-c2c(cc(N(c4ccccc4)c4cccc(C)c4)c4c2oc2cc(CC(C)c5ccc(N(c6ccccc6)c6cc7c(c8oc9ccccc9c68)-c6c(cc(N(c8ccccc8)c8ccc(C(C)C)cc8)c8c6oc6ccccc68)C7(c6ccccc6)c6ccccc6)cc5)ccc24)C3(c2ccccc2)c2ccccc2)c1. The Morgan fingerprint density at radius 1 is 0.225 bits per heavy atom. The van der Waals surface area contributed by atoms with Crippen LogP contribution in [0, 0.1) is 13.8 Å². The summed E-state index contributed by atoms with van der Waals surface area (Å²) in [5.74, 6) is 0.399. The van der Waals surface area contributed by atoms with Crippen molar-refractivity contribution in [3.63, 3.8) is 0 Å². The molecule has 20 aromatic carbocycles. The van der Waals surface area contributed by atoms with Gasteiger partial charge in [0, 0.05) is 89.3 Å². The Labute approximate surface area is 801 Å². The average Bonchev–Trinajstić information content (AvgIpc) is 1.50. The molecular weight excluding hydrogens is 1680 g/mol. The highest BCUT2D eigenvalue weighted by molar-refractivity contribution is 6.28. The molecule has 0 spiro atoms. The molecule has 24 aromatic rings. The van der Waals surface area contributed by atoms with Crippen molar-refractivity contribution in [1.82, 2.24) is 0 Å². The lowest BCUT2D eigenvalue weighted by Gasteiger charge is -2.36. The van der Waals surface area contributed by atoms with Crippen LogP contribution in [0.2, 0.25) is 0 Å². The van der Waals surface area contributed by atoms with Crippen LogP contribution >= 0.6 is 0 Å². The van der Waals surface area contributed by atoms with E-state index < -0.39 is 10.8 Å². The fraction of sp³-hybridized carbons (Fsp3) is 0.0769. The van der Waals surface area contributed by atoms with Gasteiger partial charge >= 0.3 is 0 Å². The van der Waals surface area contributed by atoms with Crippen molar-refractivity contribution in [1.29, 1.82) is 0 Å². The minimum atomic E-state index is -0.970. The van der Waals surface area contributed by atoms with Gasteiger partial charge in [0.1, 0.15) is 44.7 Å². The minimum absolute atomic E-state index is 0.0494. The first-order valence-corrected chi connectivity index (χ1v) is 48.0. The van der Waals surface area contributed by atoms with Crippen molar-refractivity contribution in [3.05, 3.63) is 527 Å². The molecule has 8 heteroatoms. The van der Waals surface area contributed by atoms with Crippen LogP contribution in [0.15, 0.2) is 473 Å². The van der Waals surface area contributed by atoms with Gasteiger partial charge in [0.2, 0.25) is 0 Å². The Hall–Kier alpha value is -17.2. The van der Waals surface area contributed by atoms with E-state index in [1.807, 2.05) is 0 Å². The van der Waals surface area contributed by atoms with Crippen molar-refractivity contribution >= 4 is 156 Å². The van der Waals surface area contributed by atoms with Crippen LogP contribution in [0.4, 0.5) is 68.2 Å². The number of furan rings is 4. The van der Waals surface area contributed by atoms with Gasteiger partial charge in [-0.3, -0.25) is 0 Å². The predicted molar refractivity (Wildman–Crippen MR) is 571 cm³/mol. The second-order valence-electron chi connectivity index (χ2n) is 37.6. The fourth-order valence-electron chi connectivity index (χ4n) is 23.2. The second kappa shape index (κ2) is 32.6. The maximum absolute atomic E-state index is 8.06. The monoisotopic (exact) mass is 1770 g/mol. The quantitative estimate of drug-likeness (QED) is 0.0748. The van der Waals surface area contributed by atoms with Crippen LogP contribution in [0.1, 0.15) is 105 Å². The van der Waals surface area contributed by atoms with E-state index in [1.165, 1.54) is 11.1 Å². The van der Waals surface area contributed by atoms with Crippen LogP contribution in [0.25, 0.3) is 110 Å². The molecule has 0 radical (unpaired) electrons. The summed E-state index contributed by atoms with van der Waals surface area (Å²) < 4.78 is 31.1. The zero-order valence-electron chi connectivity index (χ0n) is 77.1. The van der Waals surface area contributed by atoms with Crippen molar-refractivity contribution in [3.8, 4) is 22.3 Å². The lowest BCUT2D eigenvalue weighted by molar-refractivity contribution is 0.664. The van der Waals surface area contributed by atoms with Crippen molar-refractivity contribution < 1.29 is 17.7 Å². The number of rotatable bonds is 20. The van der Waals surface area contributed by atoms with Gasteiger partial charge in [0.25, 0.3) is 0 Å². The third kappa shape index (κ3) is 12.7. The standard InChI is InChI=1S/C130H94N4O4/c1-82(2)87-65-69-97(70-66-87)131(93-48-22-10-23-49-93)109-78-105-121(125-117(109)101-58-30-33-61-113(101)135-125)122-106(129(105,89-40-14-6-15-41-89)90-42-16-7-17-43-90)79-110(118-102-59-31-34-62-114(102)136-126(118)122)132(94-50-24-11-25-51-94)98-71-67-88(68-72-98)85(5)76-86-64-73-104-116(77-86)138-128-120(104)112(134(96-54-28-13-29-55-96)100-57-37-39-84(4)75-100)81-108-124(128)123-107(130(108,91-44-18-8-19-45-91)92-46-20-9-21-47-92)80-111(119-103-60-32-35-63-115(103)137-127(119)123)133(95-52-26-12-27-53-95)99-56-36-38-83(3)74-99/h6-75,77-82,85H,76H2,1-5H3. The Morgan fingerprint density at radius 2 is 0.486 bits per heavy atom. The molecule has 4 heterocycles. The van der Waals surface area contributed by atoms with Crippen LogP contribution in [0.3, 0.4) is 0 Å². The predicted octanol–water partition coefficient (Wildman–Crippen LogP) is 36.0. The summed E-state index contributed by atoms with van der Waals surface area (Å²) in [6.45, 7) is 11.2. The first kappa shape index (κ1) is 81.6. The Bertz CT molecular complexity index is 8780. The lowest BCUT2D eigenvalue weighted by atomic mass is 9.67. The summed E-state index contributed by atoms with van der Waals surface area (Å²) in [5, 5.41) is 8.08. The van der Waals surface area contributed by atoms with Gasteiger partial charge in [-0.1, -0.05) is 330 Å². The highest BCUT2D eigenvalue weighted by atomic mass is 16.3. The highest BCUT2D eigenvalue weighted by Crippen LogP contribution is 2.68. The van der Waals surface area contributed by atoms with Crippen LogP contribution in [0.5, 0.6) is 0 Å². The molecule has 0 bridgehead atoms. The zero-order chi connectivity index (χ0) is 92.0. The van der Waals surface area contributed by atoms with E-state index in [2.05, 4.69) is 509 Å². The van der Waals surface area contributed by atoms with E-state index in [0.717, 1.165) is 246 Å². The van der Waals surface area contributed by atoms with E-state index in [9.17, 15) is 0 Å². The molecule has 26 rings (SSSR count). The first-order chi connectivity index (χ1) is 68.0. The smallest absolute Gasteiger partial charge is 0.145 e. The number of nitrogens with zero attached hydrogens (tertiary/aromatic N) is 4. The lowest BCUT2D eigenvalue weighted by Crippen LogP contribution is -2.29. The zero-order valence-corrected chi connectivity index (χ0v) is 77.1. The number of hydrogen-bond donors (Lipinski definition) is 0. The molecule has 138 heavy (non-hydrogen) atoms. The molecule has 8 nitrogen and oxygen atoms in total. The summed E-state index contributed by atoms with van der Waals surface area (Å²) in [6.07, 6.45) is 0.718. The largest absolute Gasteiger partial charge is 0.455 e. The van der Waals surface area contributed by atoms with Gasteiger partial charge in [-0.25, -0.2) is 0 Å². The normalized spacial score (nSPS) is 13.1. The molecular formula is C130H94N4O4. The van der Waals surface area contributed by atoms with Crippen LogP contribution in [-0.4, -0.2) is 0 Å². The maximum Gasteiger partial charge on any atom is 0.145 e. The number of anilines is 12. The summed E-state index contributed by atoms with van der Waals surface area (Å²) in [7, 11) is 0. The van der Waals surface area contributed by atoms with Gasteiger partial charge in [0.05, 0.1) is 55.1 Å². The molecule has 2 aliphatic rings. The summed E-state index contributed by atoms with van der Waals surface area (Å²) in [5.41, 5.74) is 35.3. The van der Waals surface area contributed by atoms with E-state index in [-0.39, 0.29) is 5.92 Å². The number of fused-ring (bicyclic) bond motifs is 22. The number of benzene rings is 20. The molecule has 0 amide bonds. The Kier molecular flexibility index (Phi) is 19.3. The van der Waals surface area contributed by atoms with E-state index in [1.54, 1.807) is 0 Å². The molecule has 4 aromatic heterocycles. The van der Waals surface area contributed by atoms with Gasteiger partial charge < -0.3 is 37.3 Å². The van der Waals surface area contributed by atoms with E-state index in [4.69, 9.17) is 17.7 Å². The molecule has 1 unspecified atom stereocenters. The maximum atomic E-state index is 8.06. The number of para-hydroxylation sites is 7. The molecule has 0 aliphatic heterocycles. The van der Waals surface area contributed by atoms with Gasteiger partial charge in [-0.05, 0) is 250 Å². The van der Waals surface area contributed by atoms with Crippen molar-refractivity contribution in [2.75, 3.05) is 19.6 Å². The topological polar surface area (TPSA) is 65.5 Å². The van der Waals surface area contributed by atoms with Crippen molar-refractivity contribution in [2.45, 2.75) is 63.7 Å². The minimum Gasteiger partial charge on any atom is -0.455 e. The summed E-state index contributed by atoms with van der Waals surface area (Å²) in [4.78, 5) is 9.80. The molecule has 0 fully saturated rings.